The summed E-state index contributed by atoms with van der Waals surface area (Å²) in [5, 5.41) is 2.91. The number of hydrogen-bond donors (Lipinski definition) is 2. The van der Waals surface area contributed by atoms with Crippen LogP contribution in [0.15, 0.2) is 25.3 Å². The highest BCUT2D eigenvalue weighted by Gasteiger charge is 2.27. The van der Waals surface area contributed by atoms with Gasteiger partial charge in [-0.25, -0.2) is 0 Å². The van der Waals surface area contributed by atoms with Gasteiger partial charge in [-0.2, -0.15) is 0 Å². The molecule has 0 heterocycles. The zero-order valence-corrected chi connectivity index (χ0v) is 16.0. The van der Waals surface area contributed by atoms with Crippen LogP contribution in [0.25, 0.3) is 0 Å². The van der Waals surface area contributed by atoms with E-state index in [9.17, 15) is 4.79 Å². The number of allylic oxidation sites excluding steroid dienone is 2. The van der Waals surface area contributed by atoms with E-state index in [-0.39, 0.29) is 0 Å². The third kappa shape index (κ3) is 5.34. The molecule has 3 rings (SSSR count). The molecule has 1 aromatic rings. The monoisotopic (exact) mass is 340 g/mol. The fraction of sp³-hybridized carbons (Fsp3) is 0.409. The molecule has 0 radical (unpaired) electrons. The first-order valence-corrected chi connectivity index (χ1v) is 8.95. The van der Waals surface area contributed by atoms with Gasteiger partial charge in [0, 0.05) is 11.3 Å². The molecule has 3 nitrogen and oxygen atoms in total. The number of nitrogens with two attached hydrogens (primary N) is 1. The Labute approximate surface area is 153 Å². The van der Waals surface area contributed by atoms with Gasteiger partial charge in [0.1, 0.15) is 0 Å². The zero-order valence-electron chi connectivity index (χ0n) is 16.0. The topological polar surface area (TPSA) is 55.1 Å². The fourth-order valence-electron chi connectivity index (χ4n) is 3.36. The summed E-state index contributed by atoms with van der Waals surface area (Å²) in [5.74, 6) is 2.88. The maximum absolute atomic E-state index is 10.8. The molecule has 0 fully saturated rings. The Morgan fingerprint density at radius 2 is 1.36 bits per heavy atom. The second-order valence-electron chi connectivity index (χ2n) is 5.25. The van der Waals surface area contributed by atoms with E-state index in [0.29, 0.717) is 0 Å². The van der Waals surface area contributed by atoms with Gasteiger partial charge in [-0.05, 0) is 67.8 Å². The second kappa shape index (κ2) is 13.0. The molecule has 0 aliphatic heterocycles. The van der Waals surface area contributed by atoms with Crippen molar-refractivity contribution < 1.29 is 4.79 Å². The standard InChI is InChI=1S/C15H15NO.C4H6.C2H6.CH5N/c1-2-10-11-5-3-7-13(11)15(16-9-17)14-8-4-6-12(10)14;1-3-4-2;2*1-2/h1,9H,3-8H2,(H,16,17);3-4H,1-2H2;1-2H3;2H2,1H3. The molecular formula is C22H32N2O. The van der Waals surface area contributed by atoms with Crippen molar-refractivity contribution in [2.45, 2.75) is 52.4 Å². The number of fused-ring (bicyclic) bond motifs is 2. The largest absolute Gasteiger partial charge is 0.333 e. The number of terminal acetylenes is 1. The molecule has 25 heavy (non-hydrogen) atoms. The molecule has 0 saturated heterocycles. The number of nitrogens with one attached hydrogen (secondary N) is 1. The van der Waals surface area contributed by atoms with Crippen LogP contribution in [0.1, 0.15) is 54.5 Å². The average molecular weight is 341 g/mol. The van der Waals surface area contributed by atoms with E-state index in [4.69, 9.17) is 6.42 Å². The highest BCUT2D eigenvalue weighted by atomic mass is 16.1. The molecule has 0 spiro atoms. The highest BCUT2D eigenvalue weighted by Crippen LogP contribution is 2.41. The van der Waals surface area contributed by atoms with E-state index in [2.05, 4.69) is 30.1 Å². The zero-order chi connectivity index (χ0) is 19.2. The minimum absolute atomic E-state index is 0.794. The van der Waals surface area contributed by atoms with Crippen molar-refractivity contribution in [3.8, 4) is 12.3 Å². The Bertz CT molecular complexity index is 583. The predicted molar refractivity (Wildman–Crippen MR) is 110 cm³/mol. The van der Waals surface area contributed by atoms with Gasteiger partial charge in [0.15, 0.2) is 0 Å². The first-order valence-electron chi connectivity index (χ1n) is 8.95. The van der Waals surface area contributed by atoms with Gasteiger partial charge in [-0.15, -0.1) is 6.42 Å². The minimum atomic E-state index is 0.794. The van der Waals surface area contributed by atoms with Gasteiger partial charge < -0.3 is 11.1 Å². The van der Waals surface area contributed by atoms with Crippen LogP contribution in [0.2, 0.25) is 0 Å². The first kappa shape index (κ1) is 22.7. The van der Waals surface area contributed by atoms with Gasteiger partial charge in [0.05, 0.1) is 0 Å². The quantitative estimate of drug-likeness (QED) is 0.493. The van der Waals surface area contributed by atoms with Crippen LogP contribution in [0.4, 0.5) is 5.69 Å². The summed E-state index contributed by atoms with van der Waals surface area (Å²) in [4.78, 5) is 10.8. The van der Waals surface area contributed by atoms with Crippen LogP contribution in [-0.2, 0) is 30.5 Å². The summed E-state index contributed by atoms with van der Waals surface area (Å²) in [6.45, 7) is 10.7. The van der Waals surface area contributed by atoms with Gasteiger partial charge in [-0.1, -0.05) is 45.1 Å². The molecule has 136 valence electrons. The Hall–Kier alpha value is -2.31. The molecule has 0 saturated carbocycles. The van der Waals surface area contributed by atoms with Crippen molar-refractivity contribution >= 4 is 12.1 Å². The molecule has 0 bridgehead atoms. The lowest BCUT2D eigenvalue weighted by atomic mass is 9.92. The van der Waals surface area contributed by atoms with Crippen LogP contribution >= 0.6 is 0 Å². The normalized spacial score (nSPS) is 12.3. The van der Waals surface area contributed by atoms with E-state index < -0.39 is 0 Å². The Balaban J connectivity index is 0.000000625. The van der Waals surface area contributed by atoms with Crippen LogP contribution in [0, 0.1) is 12.3 Å². The minimum Gasteiger partial charge on any atom is -0.333 e. The predicted octanol–water partition coefficient (Wildman–Crippen LogP) is 4.17. The summed E-state index contributed by atoms with van der Waals surface area (Å²) in [7, 11) is 1.50. The molecule has 1 aromatic carbocycles. The van der Waals surface area contributed by atoms with Crippen LogP contribution in [-0.4, -0.2) is 13.5 Å². The van der Waals surface area contributed by atoms with E-state index in [1.807, 2.05) is 13.8 Å². The van der Waals surface area contributed by atoms with Gasteiger partial charge in [-0.3, -0.25) is 4.79 Å². The van der Waals surface area contributed by atoms with Crippen molar-refractivity contribution in [3.63, 3.8) is 0 Å². The van der Waals surface area contributed by atoms with Crippen molar-refractivity contribution in [1.29, 1.82) is 0 Å². The summed E-state index contributed by atoms with van der Waals surface area (Å²) in [6, 6.07) is 0. The van der Waals surface area contributed by atoms with Crippen LogP contribution < -0.4 is 11.1 Å². The van der Waals surface area contributed by atoms with Crippen molar-refractivity contribution in [1.82, 2.24) is 0 Å². The third-order valence-corrected chi connectivity index (χ3v) is 4.16. The molecule has 3 heteroatoms. The number of amides is 1. The molecule has 2 aliphatic carbocycles. The summed E-state index contributed by atoms with van der Waals surface area (Å²) < 4.78 is 0. The van der Waals surface area contributed by atoms with E-state index >= 15 is 0 Å². The van der Waals surface area contributed by atoms with Gasteiger partial charge in [0.25, 0.3) is 0 Å². The van der Waals surface area contributed by atoms with Crippen molar-refractivity contribution in [2.24, 2.45) is 5.73 Å². The van der Waals surface area contributed by atoms with Crippen molar-refractivity contribution in [2.75, 3.05) is 12.4 Å². The molecule has 2 aliphatic rings. The second-order valence-corrected chi connectivity index (χ2v) is 5.25. The van der Waals surface area contributed by atoms with E-state index in [0.717, 1.165) is 56.2 Å². The Kier molecular flexibility index (Phi) is 11.8. The van der Waals surface area contributed by atoms with Gasteiger partial charge in [0.2, 0.25) is 6.41 Å². The molecule has 1 amide bonds. The lowest BCUT2D eigenvalue weighted by Crippen LogP contribution is -2.06. The first-order chi connectivity index (χ1) is 12.3. The van der Waals surface area contributed by atoms with E-state index in [1.165, 1.54) is 29.3 Å². The number of rotatable bonds is 3. The highest BCUT2D eigenvalue weighted by molar-refractivity contribution is 5.80. The average Bonchev–Trinajstić information content (AvgIpc) is 3.35. The summed E-state index contributed by atoms with van der Waals surface area (Å²) >= 11 is 0. The fourth-order valence-corrected chi connectivity index (χ4v) is 3.36. The summed E-state index contributed by atoms with van der Waals surface area (Å²) in [6.07, 6.45) is 16.3. The molecule has 3 N–H and O–H groups in total. The molecule has 0 atom stereocenters. The lowest BCUT2D eigenvalue weighted by molar-refractivity contribution is -0.105. The molecule has 0 aromatic heterocycles. The third-order valence-electron chi connectivity index (χ3n) is 4.16. The Morgan fingerprint density at radius 1 is 0.960 bits per heavy atom. The molecular weight excluding hydrogens is 308 g/mol. The number of benzene rings is 1. The Morgan fingerprint density at radius 3 is 1.68 bits per heavy atom. The van der Waals surface area contributed by atoms with E-state index in [1.54, 1.807) is 12.2 Å². The van der Waals surface area contributed by atoms with Crippen LogP contribution in [0.3, 0.4) is 0 Å². The summed E-state index contributed by atoms with van der Waals surface area (Å²) in [5.41, 5.74) is 11.9. The van der Waals surface area contributed by atoms with Gasteiger partial charge >= 0.3 is 0 Å². The number of carbonyl (C=O) groups is 1. The lowest BCUT2D eigenvalue weighted by Gasteiger charge is -2.16. The number of carbonyl (C=O) groups excluding carboxylic acids is 1. The maximum atomic E-state index is 10.8. The van der Waals surface area contributed by atoms with Crippen molar-refractivity contribution in [3.05, 3.63) is 53.1 Å². The van der Waals surface area contributed by atoms with Crippen LogP contribution in [0.5, 0.6) is 0 Å². The SMILES string of the molecule is C#Cc1c2c(c(NC=O)c3c1CCC3)CCC2.C=CC=C.CC.CN. The number of anilines is 1. The maximum Gasteiger partial charge on any atom is 0.211 e. The smallest absolute Gasteiger partial charge is 0.211 e. The molecule has 0 unspecified atom stereocenters. The number of hydrogen-bond acceptors (Lipinski definition) is 2.